The van der Waals surface area contributed by atoms with E-state index in [1.165, 1.54) is 6.07 Å². The largest absolute Gasteiger partial charge is 0.439 e. The van der Waals surface area contributed by atoms with Gasteiger partial charge >= 0.3 is 0 Å². The molecule has 0 saturated carbocycles. The minimum absolute atomic E-state index is 0.289. The number of aromatic nitrogens is 1. The second-order valence-electron chi connectivity index (χ2n) is 3.92. The Kier molecular flexibility index (Phi) is 4.49. The first-order valence-electron chi connectivity index (χ1n) is 5.81. The van der Waals surface area contributed by atoms with Crippen molar-refractivity contribution in [2.45, 2.75) is 19.9 Å². The van der Waals surface area contributed by atoms with Gasteiger partial charge in [0, 0.05) is 5.56 Å². The van der Waals surface area contributed by atoms with Crippen LogP contribution in [-0.4, -0.2) is 11.5 Å². The maximum Gasteiger partial charge on any atom is 0.208 e. The van der Waals surface area contributed by atoms with Crippen LogP contribution in [0.1, 0.15) is 19.2 Å². The summed E-state index contributed by atoms with van der Waals surface area (Å²) in [5.41, 5.74) is 0.803. The first-order valence-corrected chi connectivity index (χ1v) is 6.61. The summed E-state index contributed by atoms with van der Waals surface area (Å²) in [6.45, 7) is 3.64. The number of hydrogen-bond acceptors (Lipinski definition) is 3. The smallest absolute Gasteiger partial charge is 0.208 e. The molecule has 0 aliphatic heterocycles. The second kappa shape index (κ2) is 6.11. The van der Waals surface area contributed by atoms with Crippen molar-refractivity contribution >= 4 is 15.9 Å². The summed E-state index contributed by atoms with van der Waals surface area (Å²) in [4.78, 5) is 4.18. The Bertz CT molecular complexity index is 527. The van der Waals surface area contributed by atoms with Gasteiger partial charge in [-0.25, -0.2) is 9.37 Å². The first-order chi connectivity index (χ1) is 8.70. The van der Waals surface area contributed by atoms with Crippen LogP contribution < -0.4 is 5.32 Å². The van der Waals surface area contributed by atoms with Gasteiger partial charge in [-0.1, -0.05) is 6.92 Å². The average Bonchev–Trinajstić information content (AvgIpc) is 2.82. The van der Waals surface area contributed by atoms with Gasteiger partial charge in [-0.2, -0.15) is 0 Å². The molecule has 0 aliphatic rings. The highest BCUT2D eigenvalue weighted by atomic mass is 79.9. The number of halogens is 2. The van der Waals surface area contributed by atoms with E-state index in [1.807, 2.05) is 0 Å². The van der Waals surface area contributed by atoms with Crippen molar-refractivity contribution in [2.75, 3.05) is 6.54 Å². The van der Waals surface area contributed by atoms with E-state index in [0.29, 0.717) is 22.7 Å². The van der Waals surface area contributed by atoms with Crippen molar-refractivity contribution in [3.63, 3.8) is 0 Å². The molecule has 0 fully saturated rings. The first kappa shape index (κ1) is 13.2. The molecule has 0 radical (unpaired) electrons. The maximum atomic E-state index is 13.1. The highest BCUT2D eigenvalue weighted by Gasteiger charge is 2.08. The van der Waals surface area contributed by atoms with Gasteiger partial charge < -0.3 is 9.73 Å². The summed E-state index contributed by atoms with van der Waals surface area (Å²) >= 11 is 3.15. The molecule has 0 aliphatic carbocycles. The van der Waals surface area contributed by atoms with Crippen LogP contribution in [0.15, 0.2) is 33.3 Å². The van der Waals surface area contributed by atoms with Crippen LogP contribution >= 0.6 is 15.9 Å². The highest BCUT2D eigenvalue weighted by Crippen LogP contribution is 2.25. The van der Waals surface area contributed by atoms with Gasteiger partial charge in [0.25, 0.3) is 0 Å². The van der Waals surface area contributed by atoms with Gasteiger partial charge in [-0.05, 0) is 47.1 Å². The summed E-state index contributed by atoms with van der Waals surface area (Å²) in [7, 11) is 0. The molecule has 18 heavy (non-hydrogen) atoms. The van der Waals surface area contributed by atoms with Gasteiger partial charge in [0.15, 0.2) is 5.76 Å². The second-order valence-corrected chi connectivity index (χ2v) is 4.78. The van der Waals surface area contributed by atoms with Crippen LogP contribution in [0.25, 0.3) is 11.3 Å². The van der Waals surface area contributed by atoms with Gasteiger partial charge in [0.1, 0.15) is 5.82 Å². The summed E-state index contributed by atoms with van der Waals surface area (Å²) < 4.78 is 19.1. The highest BCUT2D eigenvalue weighted by molar-refractivity contribution is 9.10. The lowest BCUT2D eigenvalue weighted by atomic mass is 10.2. The Balaban J connectivity index is 2.11. The minimum Gasteiger partial charge on any atom is -0.439 e. The molecule has 2 rings (SSSR count). The summed E-state index contributed by atoms with van der Waals surface area (Å²) in [6.07, 6.45) is 2.72. The third-order valence-corrected chi connectivity index (χ3v) is 3.07. The van der Waals surface area contributed by atoms with Gasteiger partial charge in [-0.15, -0.1) is 0 Å². The van der Waals surface area contributed by atoms with Gasteiger partial charge in [-0.3, -0.25) is 0 Å². The van der Waals surface area contributed by atoms with Crippen molar-refractivity contribution in [3.05, 3.63) is 40.6 Å². The van der Waals surface area contributed by atoms with Crippen LogP contribution in [0.4, 0.5) is 4.39 Å². The molecule has 0 unspecified atom stereocenters. The van der Waals surface area contributed by atoms with Gasteiger partial charge in [0.2, 0.25) is 5.89 Å². The van der Waals surface area contributed by atoms with E-state index < -0.39 is 0 Å². The zero-order valence-corrected chi connectivity index (χ0v) is 11.6. The maximum absolute atomic E-state index is 13.1. The Hall–Kier alpha value is -1.20. The fraction of sp³-hybridized carbons (Fsp3) is 0.308. The molecule has 5 heteroatoms. The Labute approximate surface area is 114 Å². The average molecular weight is 313 g/mol. The molecule has 1 heterocycles. The number of rotatable bonds is 5. The lowest BCUT2D eigenvalue weighted by molar-refractivity contribution is 0.478. The summed E-state index contributed by atoms with van der Waals surface area (Å²) in [6, 6.07) is 4.75. The Morgan fingerprint density at radius 3 is 3.00 bits per heavy atom. The summed E-state index contributed by atoms with van der Waals surface area (Å²) in [5, 5.41) is 3.21. The molecule has 0 atom stereocenters. The Morgan fingerprint density at radius 1 is 1.44 bits per heavy atom. The number of hydrogen-bond donors (Lipinski definition) is 1. The molecule has 0 saturated heterocycles. The van der Waals surface area contributed by atoms with Crippen molar-refractivity contribution in [1.29, 1.82) is 0 Å². The molecule has 3 nitrogen and oxygen atoms in total. The molecule has 96 valence electrons. The van der Waals surface area contributed by atoms with Crippen molar-refractivity contribution in [3.8, 4) is 11.3 Å². The van der Waals surface area contributed by atoms with E-state index in [0.717, 1.165) is 18.5 Å². The quantitative estimate of drug-likeness (QED) is 0.855. The Morgan fingerprint density at radius 2 is 2.28 bits per heavy atom. The van der Waals surface area contributed by atoms with Crippen LogP contribution in [0.2, 0.25) is 0 Å². The van der Waals surface area contributed by atoms with Crippen molar-refractivity contribution < 1.29 is 8.81 Å². The standard InChI is InChI=1S/C13H14BrFN2O/c1-2-5-16-8-13-17-7-12(18-13)9-3-4-11(15)10(14)6-9/h3-4,6-7,16H,2,5,8H2,1H3. The van der Waals surface area contributed by atoms with Gasteiger partial charge in [0.05, 0.1) is 17.2 Å². The number of nitrogens with one attached hydrogen (secondary N) is 1. The molecule has 1 aromatic heterocycles. The summed E-state index contributed by atoms with van der Waals surface area (Å²) in [5.74, 6) is 0.992. The third kappa shape index (κ3) is 3.17. The monoisotopic (exact) mass is 312 g/mol. The zero-order chi connectivity index (χ0) is 13.0. The predicted octanol–water partition coefficient (Wildman–Crippen LogP) is 3.74. The van der Waals surface area contributed by atoms with E-state index in [1.54, 1.807) is 18.3 Å². The van der Waals surface area contributed by atoms with E-state index in [9.17, 15) is 4.39 Å². The number of benzene rings is 1. The lowest BCUT2D eigenvalue weighted by Gasteiger charge is -1.99. The fourth-order valence-electron chi connectivity index (χ4n) is 1.55. The third-order valence-electron chi connectivity index (χ3n) is 2.46. The van der Waals surface area contributed by atoms with Crippen LogP contribution in [-0.2, 0) is 6.54 Å². The molecular weight excluding hydrogens is 299 g/mol. The number of oxazole rings is 1. The van der Waals surface area contributed by atoms with E-state index in [2.05, 4.69) is 33.2 Å². The SMILES string of the molecule is CCCNCc1ncc(-c2ccc(F)c(Br)c2)o1. The molecule has 0 amide bonds. The normalized spacial score (nSPS) is 10.8. The molecule has 1 aromatic carbocycles. The topological polar surface area (TPSA) is 38.1 Å². The van der Waals surface area contributed by atoms with E-state index in [4.69, 9.17) is 4.42 Å². The predicted molar refractivity (Wildman–Crippen MR) is 71.6 cm³/mol. The molecule has 1 N–H and O–H groups in total. The van der Waals surface area contributed by atoms with Crippen molar-refractivity contribution in [1.82, 2.24) is 10.3 Å². The van der Waals surface area contributed by atoms with E-state index >= 15 is 0 Å². The fourth-order valence-corrected chi connectivity index (χ4v) is 1.93. The van der Waals surface area contributed by atoms with Crippen LogP contribution in [0, 0.1) is 5.82 Å². The zero-order valence-electron chi connectivity index (χ0n) is 10.0. The molecule has 0 bridgehead atoms. The van der Waals surface area contributed by atoms with E-state index in [-0.39, 0.29) is 5.82 Å². The van der Waals surface area contributed by atoms with Crippen molar-refractivity contribution in [2.24, 2.45) is 0 Å². The molecule has 0 spiro atoms. The molecule has 2 aromatic rings. The van der Waals surface area contributed by atoms with Crippen LogP contribution in [0.5, 0.6) is 0 Å². The van der Waals surface area contributed by atoms with Crippen LogP contribution in [0.3, 0.4) is 0 Å². The molecular formula is C13H14BrFN2O. The lowest BCUT2D eigenvalue weighted by Crippen LogP contribution is -2.13. The minimum atomic E-state index is -0.289. The number of nitrogens with zero attached hydrogens (tertiary/aromatic N) is 1.